The van der Waals surface area contributed by atoms with Gasteiger partial charge in [0, 0.05) is 31.5 Å². The number of hydrogen-bond donors (Lipinski definition) is 2. The first-order valence-electron chi connectivity index (χ1n) is 6.18. The lowest BCUT2D eigenvalue weighted by molar-refractivity contribution is 0.475. The van der Waals surface area contributed by atoms with Crippen LogP contribution in [0.25, 0.3) is 0 Å². The van der Waals surface area contributed by atoms with Gasteiger partial charge in [0.15, 0.2) is 0 Å². The first kappa shape index (κ1) is 12.7. The van der Waals surface area contributed by atoms with Crippen LogP contribution in [-0.2, 0) is 20.1 Å². The minimum Gasteiger partial charge on any atom is -0.508 e. The first-order chi connectivity index (χ1) is 8.58. The SMILES string of the molecule is Cc1cc(CNCc2ccc(O)cc2)c(C)n1C. The highest BCUT2D eigenvalue weighted by Crippen LogP contribution is 2.13. The highest BCUT2D eigenvalue weighted by molar-refractivity contribution is 5.27. The highest BCUT2D eigenvalue weighted by Gasteiger charge is 2.05. The van der Waals surface area contributed by atoms with Gasteiger partial charge in [-0.1, -0.05) is 12.1 Å². The Bertz CT molecular complexity index is 526. The highest BCUT2D eigenvalue weighted by atomic mass is 16.3. The minimum absolute atomic E-state index is 0.313. The fourth-order valence-electron chi connectivity index (χ4n) is 2.07. The lowest BCUT2D eigenvalue weighted by Gasteiger charge is -2.06. The fraction of sp³-hybridized carbons (Fsp3) is 0.333. The molecule has 0 amide bonds. The molecule has 3 heteroatoms. The molecule has 1 aromatic heterocycles. The average molecular weight is 244 g/mol. The van der Waals surface area contributed by atoms with Crippen molar-refractivity contribution in [2.24, 2.45) is 7.05 Å². The summed E-state index contributed by atoms with van der Waals surface area (Å²) >= 11 is 0. The van der Waals surface area contributed by atoms with Crippen LogP contribution in [0.4, 0.5) is 0 Å². The average Bonchev–Trinajstić information content (AvgIpc) is 2.60. The van der Waals surface area contributed by atoms with E-state index >= 15 is 0 Å². The standard InChI is InChI=1S/C15H20N2O/c1-11-8-14(12(2)17(11)3)10-16-9-13-4-6-15(18)7-5-13/h4-8,16,18H,9-10H2,1-3H3. The largest absolute Gasteiger partial charge is 0.508 e. The van der Waals surface area contributed by atoms with E-state index in [2.05, 4.69) is 36.8 Å². The third-order valence-electron chi connectivity index (χ3n) is 3.46. The van der Waals surface area contributed by atoms with Crippen molar-refractivity contribution in [3.8, 4) is 5.75 Å². The van der Waals surface area contributed by atoms with E-state index in [1.54, 1.807) is 12.1 Å². The van der Waals surface area contributed by atoms with E-state index in [4.69, 9.17) is 0 Å². The maximum atomic E-state index is 9.21. The summed E-state index contributed by atoms with van der Waals surface area (Å²) in [7, 11) is 2.09. The molecule has 1 aromatic carbocycles. The molecule has 0 aliphatic carbocycles. The Morgan fingerprint density at radius 3 is 2.33 bits per heavy atom. The van der Waals surface area contributed by atoms with Gasteiger partial charge in [-0.2, -0.15) is 0 Å². The molecule has 2 aromatic rings. The van der Waals surface area contributed by atoms with Crippen LogP contribution in [-0.4, -0.2) is 9.67 Å². The predicted molar refractivity (Wildman–Crippen MR) is 73.5 cm³/mol. The van der Waals surface area contributed by atoms with Crippen LogP contribution >= 0.6 is 0 Å². The molecule has 0 radical (unpaired) electrons. The molecule has 0 aliphatic heterocycles. The number of phenols is 1. The molecule has 3 nitrogen and oxygen atoms in total. The summed E-state index contributed by atoms with van der Waals surface area (Å²) in [5.74, 6) is 0.313. The van der Waals surface area contributed by atoms with Crippen LogP contribution in [0.15, 0.2) is 30.3 Å². The van der Waals surface area contributed by atoms with Crippen LogP contribution < -0.4 is 5.32 Å². The maximum absolute atomic E-state index is 9.21. The van der Waals surface area contributed by atoms with E-state index in [0.717, 1.165) is 13.1 Å². The maximum Gasteiger partial charge on any atom is 0.115 e. The summed E-state index contributed by atoms with van der Waals surface area (Å²) in [6.45, 7) is 5.95. The molecule has 0 unspecified atom stereocenters. The molecule has 2 N–H and O–H groups in total. The third kappa shape index (κ3) is 2.74. The van der Waals surface area contributed by atoms with Crippen LogP contribution in [0.1, 0.15) is 22.5 Å². The Morgan fingerprint density at radius 2 is 1.78 bits per heavy atom. The quantitative estimate of drug-likeness (QED) is 0.867. The Labute approximate surface area is 108 Å². The number of rotatable bonds is 4. The van der Waals surface area contributed by atoms with Gasteiger partial charge in [0.25, 0.3) is 0 Å². The first-order valence-corrected chi connectivity index (χ1v) is 6.18. The van der Waals surface area contributed by atoms with Crippen LogP contribution in [0.5, 0.6) is 5.75 Å². The van der Waals surface area contributed by atoms with Gasteiger partial charge in [0.05, 0.1) is 0 Å². The summed E-state index contributed by atoms with van der Waals surface area (Å²) in [6, 6.07) is 9.53. The Kier molecular flexibility index (Phi) is 3.72. The molecular formula is C15H20N2O. The Hall–Kier alpha value is -1.74. The minimum atomic E-state index is 0.313. The molecule has 0 spiro atoms. The molecule has 0 fully saturated rings. The monoisotopic (exact) mass is 244 g/mol. The lowest BCUT2D eigenvalue weighted by atomic mass is 10.2. The van der Waals surface area contributed by atoms with Crippen molar-refractivity contribution in [2.75, 3.05) is 0 Å². The number of benzene rings is 1. The van der Waals surface area contributed by atoms with Crippen molar-refractivity contribution in [1.29, 1.82) is 0 Å². The number of aromatic nitrogens is 1. The predicted octanol–water partition coefficient (Wildman–Crippen LogP) is 2.64. The zero-order valence-corrected chi connectivity index (χ0v) is 11.2. The number of nitrogens with zero attached hydrogens (tertiary/aromatic N) is 1. The molecule has 0 saturated carbocycles. The number of phenolic OH excluding ortho intramolecular Hbond substituents is 1. The van der Waals surface area contributed by atoms with E-state index in [1.165, 1.54) is 22.5 Å². The van der Waals surface area contributed by atoms with Crippen molar-refractivity contribution in [1.82, 2.24) is 9.88 Å². The number of aromatic hydroxyl groups is 1. The van der Waals surface area contributed by atoms with Gasteiger partial charge in [0.2, 0.25) is 0 Å². The second-order valence-corrected chi connectivity index (χ2v) is 4.73. The second-order valence-electron chi connectivity index (χ2n) is 4.73. The van der Waals surface area contributed by atoms with Crippen LogP contribution in [0.2, 0.25) is 0 Å². The van der Waals surface area contributed by atoms with E-state index in [1.807, 2.05) is 12.1 Å². The Morgan fingerprint density at radius 1 is 1.11 bits per heavy atom. The van der Waals surface area contributed by atoms with E-state index in [0.29, 0.717) is 5.75 Å². The smallest absolute Gasteiger partial charge is 0.115 e. The zero-order chi connectivity index (χ0) is 13.1. The molecule has 1 heterocycles. The molecule has 18 heavy (non-hydrogen) atoms. The third-order valence-corrected chi connectivity index (χ3v) is 3.46. The molecule has 2 rings (SSSR count). The van der Waals surface area contributed by atoms with Crippen molar-refractivity contribution >= 4 is 0 Å². The number of hydrogen-bond acceptors (Lipinski definition) is 2. The number of aryl methyl sites for hydroxylation is 1. The van der Waals surface area contributed by atoms with Gasteiger partial charge in [-0.25, -0.2) is 0 Å². The summed E-state index contributed by atoms with van der Waals surface area (Å²) in [6.07, 6.45) is 0. The van der Waals surface area contributed by atoms with E-state index < -0.39 is 0 Å². The van der Waals surface area contributed by atoms with Gasteiger partial charge in [-0.05, 0) is 43.2 Å². The topological polar surface area (TPSA) is 37.2 Å². The van der Waals surface area contributed by atoms with E-state index in [9.17, 15) is 5.11 Å². The van der Waals surface area contributed by atoms with Gasteiger partial charge in [0.1, 0.15) is 5.75 Å². The van der Waals surface area contributed by atoms with Crippen molar-refractivity contribution < 1.29 is 5.11 Å². The number of nitrogens with one attached hydrogen (secondary N) is 1. The fourth-order valence-corrected chi connectivity index (χ4v) is 2.07. The van der Waals surface area contributed by atoms with Gasteiger partial charge in [-0.15, -0.1) is 0 Å². The second kappa shape index (κ2) is 5.27. The summed E-state index contributed by atoms with van der Waals surface area (Å²) in [5.41, 5.74) is 5.12. The molecule has 0 saturated heterocycles. The van der Waals surface area contributed by atoms with Crippen LogP contribution in [0, 0.1) is 13.8 Å². The van der Waals surface area contributed by atoms with Crippen molar-refractivity contribution in [3.05, 3.63) is 52.8 Å². The summed E-state index contributed by atoms with van der Waals surface area (Å²) in [5, 5.41) is 12.6. The molecular weight excluding hydrogens is 224 g/mol. The summed E-state index contributed by atoms with van der Waals surface area (Å²) < 4.78 is 2.21. The summed E-state index contributed by atoms with van der Waals surface area (Å²) in [4.78, 5) is 0. The molecule has 0 bridgehead atoms. The van der Waals surface area contributed by atoms with Crippen LogP contribution in [0.3, 0.4) is 0 Å². The Balaban J connectivity index is 1.92. The lowest BCUT2D eigenvalue weighted by Crippen LogP contribution is -2.13. The zero-order valence-electron chi connectivity index (χ0n) is 11.2. The van der Waals surface area contributed by atoms with Crippen molar-refractivity contribution in [2.45, 2.75) is 26.9 Å². The normalized spacial score (nSPS) is 10.8. The molecule has 96 valence electrons. The molecule has 0 aliphatic rings. The van der Waals surface area contributed by atoms with Gasteiger partial charge in [-0.3, -0.25) is 0 Å². The van der Waals surface area contributed by atoms with Crippen molar-refractivity contribution in [3.63, 3.8) is 0 Å². The van der Waals surface area contributed by atoms with Gasteiger partial charge >= 0.3 is 0 Å². The molecule has 0 atom stereocenters. The van der Waals surface area contributed by atoms with Gasteiger partial charge < -0.3 is 15.0 Å². The van der Waals surface area contributed by atoms with E-state index in [-0.39, 0.29) is 0 Å².